The van der Waals surface area contributed by atoms with Crippen molar-refractivity contribution in [2.45, 2.75) is 55.7 Å². The maximum absolute atomic E-state index is 12.5. The Balaban J connectivity index is 1.69. The van der Waals surface area contributed by atoms with Crippen LogP contribution in [-0.4, -0.2) is 64.1 Å². The summed E-state index contributed by atoms with van der Waals surface area (Å²) in [6.07, 6.45) is 7.60. The first-order chi connectivity index (χ1) is 14.6. The van der Waals surface area contributed by atoms with E-state index in [1.54, 1.807) is 21.3 Å². The Hall–Kier alpha value is -1.99. The van der Waals surface area contributed by atoms with Crippen molar-refractivity contribution in [1.29, 1.82) is 0 Å². The Bertz CT molecular complexity index is 921. The number of ether oxygens (including phenoxy) is 4. The zero-order valence-electron chi connectivity index (χ0n) is 18.0. The predicted molar refractivity (Wildman–Crippen MR) is 110 cm³/mol. The molecule has 4 heterocycles. The number of methoxy groups -OCH3 is 3. The molecule has 0 unspecified atom stereocenters. The lowest BCUT2D eigenvalue weighted by atomic mass is 9.50. The highest BCUT2D eigenvalue weighted by Gasteiger charge is 2.79. The third-order valence-corrected chi connectivity index (χ3v) is 8.98. The zero-order valence-corrected chi connectivity index (χ0v) is 18.0. The van der Waals surface area contributed by atoms with Crippen LogP contribution in [0.1, 0.15) is 44.1 Å². The van der Waals surface area contributed by atoms with E-state index in [1.807, 2.05) is 4.90 Å². The highest BCUT2D eigenvalue weighted by atomic mass is 16.5. The number of hydrogen-bond acceptors (Lipinski definition) is 6. The number of rotatable bonds is 4. The number of anilines is 1. The maximum atomic E-state index is 12.5. The molecule has 4 aliphatic heterocycles. The van der Waals surface area contributed by atoms with Gasteiger partial charge in [0.05, 0.1) is 38.5 Å². The molecule has 1 aromatic carbocycles. The highest BCUT2D eigenvalue weighted by molar-refractivity contribution is 5.90. The van der Waals surface area contributed by atoms with E-state index in [2.05, 4.69) is 11.0 Å². The van der Waals surface area contributed by atoms with Gasteiger partial charge in [0, 0.05) is 25.1 Å². The summed E-state index contributed by atoms with van der Waals surface area (Å²) in [7, 11) is 4.90. The molecule has 1 saturated carbocycles. The Labute approximate surface area is 177 Å². The lowest BCUT2D eigenvalue weighted by molar-refractivity contribution is -0.232. The number of fused-ring (bicyclic) bond motifs is 1. The van der Waals surface area contributed by atoms with Gasteiger partial charge in [-0.25, -0.2) is 0 Å². The topological polar surface area (TPSA) is 60.5 Å². The number of amides is 1. The van der Waals surface area contributed by atoms with Crippen molar-refractivity contribution in [3.63, 3.8) is 0 Å². The molecule has 162 valence electrons. The summed E-state index contributed by atoms with van der Waals surface area (Å²) in [6.45, 7) is 2.87. The van der Waals surface area contributed by atoms with Crippen molar-refractivity contribution in [1.82, 2.24) is 4.90 Å². The predicted octanol–water partition coefficient (Wildman–Crippen LogP) is 2.69. The summed E-state index contributed by atoms with van der Waals surface area (Å²) in [5, 5.41) is 0. The first-order valence-corrected chi connectivity index (χ1v) is 11.1. The van der Waals surface area contributed by atoms with E-state index in [1.165, 1.54) is 12.8 Å². The quantitative estimate of drug-likeness (QED) is 0.706. The number of carbonyl (C=O) groups is 1. The first kappa shape index (κ1) is 18.8. The van der Waals surface area contributed by atoms with Gasteiger partial charge in [0.25, 0.3) is 0 Å². The molecule has 4 atom stereocenters. The average Bonchev–Trinajstić information content (AvgIpc) is 3.42. The number of hydrogen-bond donors (Lipinski definition) is 0. The Kier molecular flexibility index (Phi) is 3.77. The van der Waals surface area contributed by atoms with Gasteiger partial charge < -0.3 is 23.8 Å². The van der Waals surface area contributed by atoms with Crippen LogP contribution in [0.4, 0.5) is 5.69 Å². The van der Waals surface area contributed by atoms with E-state index in [9.17, 15) is 4.79 Å². The van der Waals surface area contributed by atoms with Gasteiger partial charge in [-0.3, -0.25) is 9.69 Å². The lowest BCUT2D eigenvalue weighted by Gasteiger charge is -2.62. The third kappa shape index (κ3) is 1.73. The van der Waals surface area contributed by atoms with E-state index < -0.39 is 0 Å². The molecule has 0 bridgehead atoms. The molecule has 30 heavy (non-hydrogen) atoms. The van der Waals surface area contributed by atoms with Gasteiger partial charge in [0.15, 0.2) is 11.5 Å². The van der Waals surface area contributed by atoms with Gasteiger partial charge in [0.1, 0.15) is 5.72 Å². The first-order valence-electron chi connectivity index (χ1n) is 11.1. The molecular formula is C23H30N2O5. The molecule has 4 fully saturated rings. The van der Waals surface area contributed by atoms with E-state index in [-0.39, 0.29) is 22.6 Å². The SMILES string of the molecule is COc1cc2c(c(OC)c1OC)N(C=O)[C@@H]1CC[C@@]34CCCN5CC[C@@]21[C@]53OCC4. The van der Waals surface area contributed by atoms with Crippen molar-refractivity contribution in [3.8, 4) is 17.2 Å². The fourth-order valence-corrected chi connectivity index (χ4v) is 8.20. The van der Waals surface area contributed by atoms with Crippen molar-refractivity contribution >= 4 is 12.1 Å². The molecule has 5 aliphatic rings. The summed E-state index contributed by atoms with van der Waals surface area (Å²) >= 11 is 0. The number of carbonyl (C=O) groups excluding carboxylic acids is 1. The lowest BCUT2D eigenvalue weighted by Crippen LogP contribution is -2.72. The molecule has 1 aliphatic carbocycles. The summed E-state index contributed by atoms with van der Waals surface area (Å²) in [5.41, 5.74) is 1.51. The van der Waals surface area contributed by atoms with Crippen LogP contribution >= 0.6 is 0 Å². The second-order valence-corrected chi connectivity index (χ2v) is 9.44. The largest absolute Gasteiger partial charge is 0.493 e. The second kappa shape index (κ2) is 6.04. The van der Waals surface area contributed by atoms with Gasteiger partial charge in [-0.15, -0.1) is 0 Å². The van der Waals surface area contributed by atoms with Gasteiger partial charge in [-0.2, -0.15) is 0 Å². The summed E-state index contributed by atoms with van der Waals surface area (Å²) in [4.78, 5) is 17.0. The monoisotopic (exact) mass is 414 g/mol. The Morgan fingerprint density at radius 1 is 1.07 bits per heavy atom. The minimum absolute atomic E-state index is 0.0602. The second-order valence-electron chi connectivity index (χ2n) is 9.44. The summed E-state index contributed by atoms with van der Waals surface area (Å²) in [5.74, 6) is 1.76. The van der Waals surface area contributed by atoms with E-state index in [4.69, 9.17) is 18.9 Å². The summed E-state index contributed by atoms with van der Waals surface area (Å²) in [6, 6.07) is 2.16. The fourth-order valence-electron chi connectivity index (χ4n) is 8.20. The van der Waals surface area contributed by atoms with Crippen molar-refractivity contribution in [2.75, 3.05) is 45.9 Å². The molecule has 7 nitrogen and oxygen atoms in total. The smallest absolute Gasteiger partial charge is 0.214 e. The molecule has 0 N–H and O–H groups in total. The number of nitrogens with zero attached hydrogens (tertiary/aromatic N) is 2. The summed E-state index contributed by atoms with van der Waals surface area (Å²) < 4.78 is 24.1. The van der Waals surface area contributed by atoms with Crippen LogP contribution in [0.3, 0.4) is 0 Å². The molecule has 0 radical (unpaired) electrons. The molecule has 1 amide bonds. The van der Waals surface area contributed by atoms with Crippen LogP contribution in [0.5, 0.6) is 17.2 Å². The van der Waals surface area contributed by atoms with E-state index in [0.29, 0.717) is 17.2 Å². The zero-order chi connectivity index (χ0) is 20.7. The highest BCUT2D eigenvalue weighted by Crippen LogP contribution is 2.74. The fraction of sp³-hybridized carbons (Fsp3) is 0.696. The van der Waals surface area contributed by atoms with Crippen LogP contribution in [0.2, 0.25) is 0 Å². The van der Waals surface area contributed by atoms with E-state index >= 15 is 0 Å². The molecular weight excluding hydrogens is 384 g/mol. The van der Waals surface area contributed by atoms with Crippen LogP contribution in [0.25, 0.3) is 0 Å². The standard InChI is InChI=1S/C23H30N2O5/c1-27-16-13-15-18(20(29-3)19(16)28-2)25(14-26)17-5-7-21-6-4-10-24-11-8-22(15,17)23(21,24)30-12-9-21/h13-14,17H,4-12H2,1-3H3/t17-,21-,22-,23+/m1/s1. The van der Waals surface area contributed by atoms with Crippen LogP contribution in [0.15, 0.2) is 6.07 Å². The molecule has 7 heteroatoms. The minimum atomic E-state index is -0.349. The van der Waals surface area contributed by atoms with Crippen molar-refractivity contribution < 1.29 is 23.7 Å². The van der Waals surface area contributed by atoms with Crippen LogP contribution < -0.4 is 19.1 Å². The van der Waals surface area contributed by atoms with Gasteiger partial charge in [-0.05, 0) is 50.2 Å². The van der Waals surface area contributed by atoms with Gasteiger partial charge in [0.2, 0.25) is 12.2 Å². The maximum Gasteiger partial charge on any atom is 0.214 e. The third-order valence-electron chi connectivity index (χ3n) is 8.98. The normalized spacial score (nSPS) is 38.5. The van der Waals surface area contributed by atoms with Gasteiger partial charge >= 0.3 is 0 Å². The minimum Gasteiger partial charge on any atom is -0.493 e. The molecule has 2 spiro atoms. The Morgan fingerprint density at radius 2 is 1.90 bits per heavy atom. The Morgan fingerprint density at radius 3 is 2.63 bits per heavy atom. The molecule has 1 aromatic rings. The molecule has 0 aromatic heterocycles. The van der Waals surface area contributed by atoms with Crippen LogP contribution in [-0.2, 0) is 14.9 Å². The number of piperidine rings is 1. The molecule has 3 saturated heterocycles. The van der Waals surface area contributed by atoms with Crippen molar-refractivity contribution in [2.24, 2.45) is 5.41 Å². The van der Waals surface area contributed by atoms with Crippen molar-refractivity contribution in [3.05, 3.63) is 11.6 Å². The van der Waals surface area contributed by atoms with Gasteiger partial charge in [-0.1, -0.05) is 0 Å². The average molecular weight is 415 g/mol. The van der Waals surface area contributed by atoms with E-state index in [0.717, 1.165) is 63.0 Å². The molecule has 6 rings (SSSR count). The van der Waals surface area contributed by atoms with Crippen LogP contribution in [0, 0.1) is 5.41 Å². The number of benzene rings is 1.